The van der Waals surface area contributed by atoms with Gasteiger partial charge in [0.15, 0.2) is 0 Å². The third-order valence-corrected chi connectivity index (χ3v) is 4.17. The van der Waals surface area contributed by atoms with Gasteiger partial charge in [0.25, 0.3) is 5.91 Å². The molecule has 0 unspecified atom stereocenters. The fourth-order valence-electron chi connectivity index (χ4n) is 2.22. The lowest BCUT2D eigenvalue weighted by Crippen LogP contribution is -2.33. The summed E-state index contributed by atoms with van der Waals surface area (Å²) in [6.45, 7) is 0.503. The van der Waals surface area contributed by atoms with Gasteiger partial charge in [-0.2, -0.15) is 0 Å². The van der Waals surface area contributed by atoms with E-state index in [1.165, 1.54) is 30.2 Å². The van der Waals surface area contributed by atoms with E-state index in [1.807, 2.05) is 30.3 Å². The standard InChI is InChI=1S/C18H17BrFNO3/c1-24-17(22)9-10-21(12-13-5-3-2-4-6-13)18(23)15-11-14(20)7-8-16(15)19/h2-8,11H,9-10,12H2,1H3. The molecular weight excluding hydrogens is 377 g/mol. The van der Waals surface area contributed by atoms with Gasteiger partial charge in [-0.1, -0.05) is 30.3 Å². The molecule has 2 aromatic carbocycles. The zero-order valence-electron chi connectivity index (χ0n) is 13.2. The molecule has 2 rings (SSSR count). The van der Waals surface area contributed by atoms with Gasteiger partial charge in [-0.15, -0.1) is 0 Å². The van der Waals surface area contributed by atoms with Crippen LogP contribution in [0.25, 0.3) is 0 Å². The Morgan fingerprint density at radius 3 is 2.54 bits per heavy atom. The summed E-state index contributed by atoms with van der Waals surface area (Å²) in [6, 6.07) is 13.3. The predicted molar refractivity (Wildman–Crippen MR) is 91.9 cm³/mol. The highest BCUT2D eigenvalue weighted by Crippen LogP contribution is 2.21. The first-order valence-corrected chi connectivity index (χ1v) is 8.15. The third-order valence-electron chi connectivity index (χ3n) is 3.48. The maximum Gasteiger partial charge on any atom is 0.307 e. The average Bonchev–Trinajstić information content (AvgIpc) is 2.60. The highest BCUT2D eigenvalue weighted by atomic mass is 79.9. The molecule has 0 radical (unpaired) electrons. The monoisotopic (exact) mass is 393 g/mol. The Hall–Kier alpha value is -2.21. The molecule has 0 bridgehead atoms. The Balaban J connectivity index is 2.24. The van der Waals surface area contributed by atoms with Crippen molar-refractivity contribution in [3.05, 3.63) is 69.9 Å². The van der Waals surface area contributed by atoms with Crippen LogP contribution in [0.5, 0.6) is 0 Å². The van der Waals surface area contributed by atoms with Gasteiger partial charge in [0.05, 0.1) is 19.1 Å². The number of carbonyl (C=O) groups is 2. The van der Waals surface area contributed by atoms with Gasteiger partial charge < -0.3 is 9.64 Å². The van der Waals surface area contributed by atoms with Crippen molar-refractivity contribution in [2.24, 2.45) is 0 Å². The lowest BCUT2D eigenvalue weighted by Gasteiger charge is -2.23. The highest BCUT2D eigenvalue weighted by molar-refractivity contribution is 9.10. The molecule has 0 aliphatic rings. The molecule has 0 N–H and O–H groups in total. The number of carbonyl (C=O) groups excluding carboxylic acids is 2. The van der Waals surface area contributed by atoms with Gasteiger partial charge in [0.1, 0.15) is 5.82 Å². The fourth-order valence-corrected chi connectivity index (χ4v) is 2.63. The minimum Gasteiger partial charge on any atom is -0.469 e. The first-order chi connectivity index (χ1) is 11.5. The summed E-state index contributed by atoms with van der Waals surface area (Å²) in [7, 11) is 1.30. The lowest BCUT2D eigenvalue weighted by molar-refractivity contribution is -0.140. The Morgan fingerprint density at radius 1 is 1.17 bits per heavy atom. The van der Waals surface area contributed by atoms with Crippen LogP contribution < -0.4 is 0 Å². The molecule has 0 saturated carbocycles. The Morgan fingerprint density at radius 2 is 1.88 bits per heavy atom. The van der Waals surface area contributed by atoms with Gasteiger partial charge in [0, 0.05) is 17.6 Å². The summed E-state index contributed by atoms with van der Waals surface area (Å²) < 4.78 is 18.6. The molecule has 24 heavy (non-hydrogen) atoms. The Bertz CT molecular complexity index is 721. The molecule has 2 aromatic rings. The van der Waals surface area contributed by atoms with Crippen molar-refractivity contribution >= 4 is 27.8 Å². The predicted octanol–water partition coefficient (Wildman–Crippen LogP) is 3.79. The normalized spacial score (nSPS) is 10.3. The van der Waals surface area contributed by atoms with Gasteiger partial charge in [-0.05, 0) is 39.7 Å². The molecule has 6 heteroatoms. The van der Waals surface area contributed by atoms with Crippen molar-refractivity contribution in [3.8, 4) is 0 Å². The van der Waals surface area contributed by atoms with E-state index in [0.717, 1.165) is 5.56 Å². The maximum atomic E-state index is 13.5. The van der Waals surface area contributed by atoms with E-state index < -0.39 is 11.8 Å². The Kier molecular flexibility index (Phi) is 6.49. The van der Waals surface area contributed by atoms with E-state index in [-0.39, 0.29) is 24.4 Å². The number of halogens is 2. The molecule has 0 aromatic heterocycles. The first-order valence-electron chi connectivity index (χ1n) is 7.36. The lowest BCUT2D eigenvalue weighted by atomic mass is 10.1. The average molecular weight is 394 g/mol. The van der Waals surface area contributed by atoms with Crippen LogP contribution in [-0.2, 0) is 16.1 Å². The van der Waals surface area contributed by atoms with Crippen molar-refractivity contribution in [2.45, 2.75) is 13.0 Å². The highest BCUT2D eigenvalue weighted by Gasteiger charge is 2.20. The zero-order valence-corrected chi connectivity index (χ0v) is 14.8. The minimum atomic E-state index is -0.492. The van der Waals surface area contributed by atoms with Crippen LogP contribution in [-0.4, -0.2) is 30.4 Å². The number of nitrogens with zero attached hydrogens (tertiary/aromatic N) is 1. The molecule has 0 fully saturated rings. The molecule has 0 aliphatic heterocycles. The Labute approximate surface area is 148 Å². The molecule has 0 spiro atoms. The maximum absolute atomic E-state index is 13.5. The summed E-state index contributed by atoms with van der Waals surface area (Å²) in [5.74, 6) is -1.25. The summed E-state index contributed by atoms with van der Waals surface area (Å²) >= 11 is 3.27. The number of benzene rings is 2. The topological polar surface area (TPSA) is 46.6 Å². The van der Waals surface area contributed by atoms with E-state index in [4.69, 9.17) is 0 Å². The number of rotatable bonds is 6. The van der Waals surface area contributed by atoms with Crippen LogP contribution in [0.3, 0.4) is 0 Å². The molecule has 0 saturated heterocycles. The van der Waals surface area contributed by atoms with E-state index in [1.54, 1.807) is 0 Å². The number of methoxy groups -OCH3 is 1. The number of hydrogen-bond donors (Lipinski definition) is 0. The summed E-state index contributed by atoms with van der Waals surface area (Å²) in [5, 5.41) is 0. The van der Waals surface area contributed by atoms with Gasteiger partial charge in [0.2, 0.25) is 0 Å². The van der Waals surface area contributed by atoms with Gasteiger partial charge in [-0.3, -0.25) is 9.59 Å². The summed E-state index contributed by atoms with van der Waals surface area (Å²) in [6.07, 6.45) is 0.0714. The fraction of sp³-hybridized carbons (Fsp3) is 0.222. The molecule has 0 heterocycles. The summed E-state index contributed by atoms with van der Waals surface area (Å²) in [4.78, 5) is 25.7. The number of hydrogen-bond acceptors (Lipinski definition) is 3. The van der Waals surface area contributed by atoms with Crippen molar-refractivity contribution in [3.63, 3.8) is 0 Å². The molecule has 4 nitrogen and oxygen atoms in total. The molecular formula is C18H17BrFNO3. The van der Waals surface area contributed by atoms with Crippen LogP contribution in [0.1, 0.15) is 22.3 Å². The van der Waals surface area contributed by atoms with E-state index in [0.29, 0.717) is 11.0 Å². The third kappa shape index (κ3) is 4.89. The van der Waals surface area contributed by atoms with Crippen molar-refractivity contribution < 1.29 is 18.7 Å². The van der Waals surface area contributed by atoms with E-state index in [9.17, 15) is 14.0 Å². The van der Waals surface area contributed by atoms with Gasteiger partial charge in [-0.25, -0.2) is 4.39 Å². The minimum absolute atomic E-state index is 0.0714. The first kappa shape index (κ1) is 18.1. The SMILES string of the molecule is COC(=O)CCN(Cc1ccccc1)C(=O)c1cc(F)ccc1Br. The molecule has 0 atom stereocenters. The number of esters is 1. The van der Waals surface area contributed by atoms with Crippen LogP contribution in [0.15, 0.2) is 53.0 Å². The molecule has 0 aliphatic carbocycles. The van der Waals surface area contributed by atoms with Crippen molar-refractivity contribution in [1.82, 2.24) is 4.90 Å². The quantitative estimate of drug-likeness (QED) is 0.701. The van der Waals surface area contributed by atoms with E-state index >= 15 is 0 Å². The van der Waals surface area contributed by atoms with Gasteiger partial charge >= 0.3 is 5.97 Å². The molecule has 126 valence electrons. The second-order valence-electron chi connectivity index (χ2n) is 5.16. The largest absolute Gasteiger partial charge is 0.469 e. The smallest absolute Gasteiger partial charge is 0.307 e. The molecule has 1 amide bonds. The number of ether oxygens (including phenoxy) is 1. The van der Waals surface area contributed by atoms with Crippen molar-refractivity contribution in [2.75, 3.05) is 13.7 Å². The second-order valence-corrected chi connectivity index (χ2v) is 6.02. The van der Waals surface area contributed by atoms with E-state index in [2.05, 4.69) is 20.7 Å². The van der Waals surface area contributed by atoms with Crippen LogP contribution >= 0.6 is 15.9 Å². The second kappa shape index (κ2) is 8.59. The summed E-state index contributed by atoms with van der Waals surface area (Å²) in [5.41, 5.74) is 1.14. The number of amides is 1. The zero-order chi connectivity index (χ0) is 17.5. The van der Waals surface area contributed by atoms with Crippen LogP contribution in [0, 0.1) is 5.82 Å². The van der Waals surface area contributed by atoms with Crippen LogP contribution in [0.2, 0.25) is 0 Å². The van der Waals surface area contributed by atoms with Crippen molar-refractivity contribution in [1.29, 1.82) is 0 Å². The van der Waals surface area contributed by atoms with Crippen LogP contribution in [0.4, 0.5) is 4.39 Å².